The van der Waals surface area contributed by atoms with Crippen LogP contribution in [0.4, 0.5) is 0 Å². The smallest absolute Gasteiger partial charge is 0.263 e. The molecule has 3 aromatic carbocycles. The number of hydrogen-bond donors (Lipinski definition) is 0. The summed E-state index contributed by atoms with van der Waals surface area (Å²) < 4.78 is 30.9. The first-order valence-corrected chi connectivity index (χ1v) is 12.0. The minimum atomic E-state index is -3.77. The summed E-state index contributed by atoms with van der Waals surface area (Å²) in [5.74, 6) is 0. The molecule has 3 aromatic rings. The molecule has 4 bridgehead atoms. The molecule has 0 saturated heterocycles. The standard InChI is InChI=1S/C26H28O3S/c1-19-3-15-26(16-4-19)30(27,28)29-20(2)17-25-18-23-10-9-21-5-7-22(8-6-21)11-13-24(25)14-12-23/h3-8,12,14-16,18,20H,9-11,13,17H2,1-2H3. The van der Waals surface area contributed by atoms with Crippen molar-refractivity contribution in [2.45, 2.75) is 57.0 Å². The van der Waals surface area contributed by atoms with Gasteiger partial charge in [-0.05, 0) is 79.5 Å². The monoisotopic (exact) mass is 420 g/mol. The van der Waals surface area contributed by atoms with E-state index in [1.807, 2.05) is 13.8 Å². The Morgan fingerprint density at radius 3 is 2.03 bits per heavy atom. The number of hydrogen-bond acceptors (Lipinski definition) is 3. The topological polar surface area (TPSA) is 43.4 Å². The molecule has 30 heavy (non-hydrogen) atoms. The van der Waals surface area contributed by atoms with Crippen LogP contribution >= 0.6 is 0 Å². The second kappa shape index (κ2) is 8.75. The van der Waals surface area contributed by atoms with Crippen molar-refractivity contribution in [3.8, 4) is 0 Å². The molecule has 0 fully saturated rings. The van der Waals surface area contributed by atoms with Crippen LogP contribution in [0.25, 0.3) is 0 Å². The second-order valence-corrected chi connectivity index (χ2v) is 9.87. The molecule has 0 spiro atoms. The molecule has 3 nitrogen and oxygen atoms in total. The zero-order valence-corrected chi connectivity index (χ0v) is 18.4. The lowest BCUT2D eigenvalue weighted by Gasteiger charge is -2.18. The Hall–Kier alpha value is -2.43. The summed E-state index contributed by atoms with van der Waals surface area (Å²) >= 11 is 0. The maximum atomic E-state index is 12.7. The van der Waals surface area contributed by atoms with Gasteiger partial charge in [-0.1, -0.05) is 60.2 Å². The molecule has 0 radical (unpaired) electrons. The van der Waals surface area contributed by atoms with E-state index in [1.54, 1.807) is 24.3 Å². The summed E-state index contributed by atoms with van der Waals surface area (Å²) in [6.45, 7) is 3.77. The lowest BCUT2D eigenvalue weighted by Crippen LogP contribution is -2.19. The lowest BCUT2D eigenvalue weighted by atomic mass is 9.91. The molecular weight excluding hydrogens is 392 g/mol. The Labute approximate surface area is 179 Å². The van der Waals surface area contributed by atoms with Gasteiger partial charge in [-0.15, -0.1) is 0 Å². The van der Waals surface area contributed by atoms with Gasteiger partial charge in [0, 0.05) is 6.42 Å². The highest BCUT2D eigenvalue weighted by Crippen LogP contribution is 2.23. The van der Waals surface area contributed by atoms with Gasteiger partial charge in [-0.25, -0.2) is 0 Å². The number of rotatable bonds is 5. The van der Waals surface area contributed by atoms with Crippen LogP contribution in [0.3, 0.4) is 0 Å². The van der Waals surface area contributed by atoms with Crippen LogP contribution in [0.5, 0.6) is 0 Å². The van der Waals surface area contributed by atoms with E-state index in [0.29, 0.717) is 6.42 Å². The Balaban J connectivity index is 1.53. The van der Waals surface area contributed by atoms with Gasteiger partial charge in [-0.2, -0.15) is 8.42 Å². The van der Waals surface area contributed by atoms with Crippen LogP contribution in [-0.2, 0) is 46.4 Å². The molecule has 4 heteroatoms. The summed E-state index contributed by atoms with van der Waals surface area (Å²) in [6, 6.07) is 22.4. The fourth-order valence-electron chi connectivity index (χ4n) is 4.03. The molecule has 0 amide bonds. The molecule has 4 aliphatic rings. The molecule has 7 rings (SSSR count). The quantitative estimate of drug-likeness (QED) is 0.532. The Morgan fingerprint density at radius 2 is 1.37 bits per heavy atom. The largest absolute Gasteiger partial charge is 0.297 e. The number of aryl methyl sites for hydroxylation is 5. The van der Waals surface area contributed by atoms with Gasteiger partial charge >= 0.3 is 0 Å². The third-order valence-corrected chi connectivity index (χ3v) is 7.22. The highest BCUT2D eigenvalue weighted by molar-refractivity contribution is 7.86. The molecule has 156 valence electrons. The van der Waals surface area contributed by atoms with E-state index in [9.17, 15) is 8.42 Å². The zero-order valence-electron chi connectivity index (χ0n) is 17.6. The van der Waals surface area contributed by atoms with Crippen molar-refractivity contribution in [2.75, 3.05) is 0 Å². The summed E-state index contributed by atoms with van der Waals surface area (Å²) in [7, 11) is -3.77. The fraction of sp³-hybridized carbons (Fsp3) is 0.308. The van der Waals surface area contributed by atoms with Crippen LogP contribution in [0, 0.1) is 6.92 Å². The summed E-state index contributed by atoms with van der Waals surface area (Å²) in [5, 5.41) is 0. The van der Waals surface area contributed by atoms with Crippen molar-refractivity contribution in [1.82, 2.24) is 0 Å². The van der Waals surface area contributed by atoms with Crippen molar-refractivity contribution in [3.05, 3.63) is 100 Å². The van der Waals surface area contributed by atoms with Crippen LogP contribution < -0.4 is 0 Å². The first-order valence-electron chi connectivity index (χ1n) is 10.6. The molecule has 0 heterocycles. The van der Waals surface area contributed by atoms with E-state index in [4.69, 9.17) is 4.18 Å². The average Bonchev–Trinajstić information content (AvgIpc) is 2.70. The average molecular weight is 421 g/mol. The van der Waals surface area contributed by atoms with E-state index < -0.39 is 16.2 Å². The second-order valence-electron chi connectivity index (χ2n) is 8.30. The van der Waals surface area contributed by atoms with Crippen molar-refractivity contribution < 1.29 is 12.6 Å². The fourth-order valence-corrected chi connectivity index (χ4v) is 5.11. The zero-order chi connectivity index (χ0) is 21.1. The van der Waals surface area contributed by atoms with Crippen LogP contribution in [0.15, 0.2) is 71.6 Å². The third-order valence-electron chi connectivity index (χ3n) is 5.79. The number of benzene rings is 3. The lowest BCUT2D eigenvalue weighted by molar-refractivity contribution is 0.229. The molecule has 0 aromatic heterocycles. The normalized spacial score (nSPS) is 14.9. The molecule has 0 aliphatic heterocycles. The highest BCUT2D eigenvalue weighted by atomic mass is 32.2. The summed E-state index contributed by atoms with van der Waals surface area (Å²) in [5.41, 5.74) is 7.45. The molecule has 0 saturated carbocycles. The van der Waals surface area contributed by atoms with Crippen LogP contribution in [0.1, 0.15) is 40.3 Å². The van der Waals surface area contributed by atoms with Crippen molar-refractivity contribution in [3.63, 3.8) is 0 Å². The van der Waals surface area contributed by atoms with Crippen LogP contribution in [0.2, 0.25) is 0 Å². The predicted octanol–water partition coefficient (Wildman–Crippen LogP) is 5.22. The SMILES string of the molecule is Cc1ccc(S(=O)(=O)OC(C)Cc2cc3ccc2CCc2ccc(cc2)CC3)cc1. The van der Waals surface area contributed by atoms with E-state index in [0.717, 1.165) is 31.2 Å². The molecule has 4 aliphatic carbocycles. The molecule has 1 unspecified atom stereocenters. The van der Waals surface area contributed by atoms with E-state index >= 15 is 0 Å². The Kier molecular flexibility index (Phi) is 6.07. The van der Waals surface area contributed by atoms with Gasteiger partial charge in [0.2, 0.25) is 0 Å². The first-order chi connectivity index (χ1) is 14.4. The van der Waals surface area contributed by atoms with Gasteiger partial charge in [0.05, 0.1) is 11.0 Å². The van der Waals surface area contributed by atoms with E-state index in [-0.39, 0.29) is 4.90 Å². The molecule has 1 atom stereocenters. The van der Waals surface area contributed by atoms with Crippen molar-refractivity contribution >= 4 is 10.1 Å². The van der Waals surface area contributed by atoms with Gasteiger partial charge in [-0.3, -0.25) is 4.18 Å². The summed E-state index contributed by atoms with van der Waals surface area (Å²) in [6.07, 6.45) is 4.04. The summed E-state index contributed by atoms with van der Waals surface area (Å²) in [4.78, 5) is 0.207. The van der Waals surface area contributed by atoms with Crippen molar-refractivity contribution in [1.29, 1.82) is 0 Å². The maximum Gasteiger partial charge on any atom is 0.297 e. The third kappa shape index (κ3) is 5.00. The molecular formula is C26H28O3S. The van der Waals surface area contributed by atoms with E-state index in [1.165, 1.54) is 27.8 Å². The predicted molar refractivity (Wildman–Crippen MR) is 120 cm³/mol. The van der Waals surface area contributed by atoms with E-state index in [2.05, 4.69) is 42.5 Å². The van der Waals surface area contributed by atoms with Gasteiger partial charge in [0.15, 0.2) is 0 Å². The Bertz CT molecular complexity index is 1110. The van der Waals surface area contributed by atoms with Gasteiger partial charge in [0.1, 0.15) is 0 Å². The van der Waals surface area contributed by atoms with Gasteiger partial charge in [0.25, 0.3) is 10.1 Å². The maximum absolute atomic E-state index is 12.7. The van der Waals surface area contributed by atoms with Crippen molar-refractivity contribution in [2.24, 2.45) is 0 Å². The molecule has 0 N–H and O–H groups in total. The minimum absolute atomic E-state index is 0.207. The first kappa shape index (κ1) is 20.8. The Morgan fingerprint density at radius 1 is 0.800 bits per heavy atom. The minimum Gasteiger partial charge on any atom is -0.263 e. The van der Waals surface area contributed by atoms with Gasteiger partial charge < -0.3 is 0 Å². The highest BCUT2D eigenvalue weighted by Gasteiger charge is 2.20. The van der Waals surface area contributed by atoms with Crippen LogP contribution in [-0.4, -0.2) is 14.5 Å².